The van der Waals surface area contributed by atoms with Crippen molar-refractivity contribution < 1.29 is 0 Å². The van der Waals surface area contributed by atoms with Crippen molar-refractivity contribution in [2.24, 2.45) is 4.99 Å². The minimum Gasteiger partial charge on any atom is -0.360 e. The van der Waals surface area contributed by atoms with Gasteiger partial charge in [0.25, 0.3) is 0 Å². The van der Waals surface area contributed by atoms with Crippen molar-refractivity contribution in [2.75, 3.05) is 83.4 Å². The van der Waals surface area contributed by atoms with Crippen molar-refractivity contribution in [3.8, 4) is 0 Å². The SMILES string of the molecule is CCNC(=NCCCCN1CCN(CC)CC1)N1CCN(c2cccs2)CC1. The highest BCUT2D eigenvalue weighted by Gasteiger charge is 2.20. The molecule has 2 aliphatic heterocycles. The molecule has 2 saturated heterocycles. The molecular weight excluding hydrogens is 368 g/mol. The number of nitrogens with zero attached hydrogens (tertiary/aromatic N) is 5. The van der Waals surface area contributed by atoms with E-state index in [0.29, 0.717) is 0 Å². The predicted molar refractivity (Wildman–Crippen MR) is 122 cm³/mol. The van der Waals surface area contributed by atoms with Crippen molar-refractivity contribution in [1.82, 2.24) is 20.0 Å². The molecule has 0 radical (unpaired) electrons. The molecule has 6 nitrogen and oxygen atoms in total. The quantitative estimate of drug-likeness (QED) is 0.407. The van der Waals surface area contributed by atoms with E-state index in [0.717, 1.165) is 45.2 Å². The third-order valence-corrected chi connectivity index (χ3v) is 6.72. The van der Waals surface area contributed by atoms with Gasteiger partial charge in [0.15, 0.2) is 5.96 Å². The Balaban J connectivity index is 1.36. The highest BCUT2D eigenvalue weighted by Crippen LogP contribution is 2.22. The summed E-state index contributed by atoms with van der Waals surface area (Å²) >= 11 is 1.84. The molecule has 0 aliphatic carbocycles. The summed E-state index contributed by atoms with van der Waals surface area (Å²) in [4.78, 5) is 15.0. The average molecular weight is 407 g/mol. The Hall–Kier alpha value is -1.31. The molecule has 0 bridgehead atoms. The predicted octanol–water partition coefficient (Wildman–Crippen LogP) is 2.25. The van der Waals surface area contributed by atoms with Crippen LogP contribution in [0.1, 0.15) is 26.7 Å². The monoisotopic (exact) mass is 406 g/mol. The molecular formula is C21H38N6S. The van der Waals surface area contributed by atoms with Gasteiger partial charge >= 0.3 is 0 Å². The van der Waals surface area contributed by atoms with E-state index in [2.05, 4.69) is 56.3 Å². The number of aliphatic imine (C=N–C) groups is 1. The van der Waals surface area contributed by atoms with Gasteiger partial charge in [-0.15, -0.1) is 11.3 Å². The van der Waals surface area contributed by atoms with Crippen LogP contribution in [0.2, 0.25) is 0 Å². The first-order valence-electron chi connectivity index (χ1n) is 11.1. The third-order valence-electron chi connectivity index (χ3n) is 5.79. The number of hydrogen-bond donors (Lipinski definition) is 1. The summed E-state index contributed by atoms with van der Waals surface area (Å²) in [5, 5.41) is 7.05. The Labute approximate surface area is 175 Å². The zero-order chi connectivity index (χ0) is 19.6. The Morgan fingerprint density at radius 2 is 1.75 bits per heavy atom. The number of unbranched alkanes of at least 4 members (excludes halogenated alkanes) is 1. The first-order chi connectivity index (χ1) is 13.8. The molecule has 0 amide bonds. The van der Waals surface area contributed by atoms with Gasteiger partial charge in [-0.05, 0) is 50.4 Å². The molecule has 1 N–H and O–H groups in total. The largest absolute Gasteiger partial charge is 0.360 e. The van der Waals surface area contributed by atoms with Crippen LogP contribution in [0.3, 0.4) is 0 Å². The number of rotatable bonds is 8. The van der Waals surface area contributed by atoms with Gasteiger partial charge in [0.2, 0.25) is 0 Å². The van der Waals surface area contributed by atoms with Gasteiger partial charge in [-0.3, -0.25) is 4.99 Å². The minimum atomic E-state index is 0.933. The molecule has 1 aromatic heterocycles. The topological polar surface area (TPSA) is 37.4 Å². The van der Waals surface area contributed by atoms with Crippen LogP contribution < -0.4 is 10.2 Å². The molecule has 158 valence electrons. The lowest BCUT2D eigenvalue weighted by Gasteiger charge is -2.37. The molecule has 0 aromatic carbocycles. The van der Waals surface area contributed by atoms with Crippen LogP contribution in [0, 0.1) is 0 Å². The summed E-state index contributed by atoms with van der Waals surface area (Å²) in [6, 6.07) is 4.36. The van der Waals surface area contributed by atoms with Gasteiger partial charge in [-0.25, -0.2) is 0 Å². The zero-order valence-electron chi connectivity index (χ0n) is 17.8. The number of anilines is 1. The Morgan fingerprint density at radius 1 is 1.00 bits per heavy atom. The zero-order valence-corrected chi connectivity index (χ0v) is 18.6. The molecule has 0 saturated carbocycles. The van der Waals surface area contributed by atoms with Gasteiger partial charge in [0.05, 0.1) is 5.00 Å². The smallest absolute Gasteiger partial charge is 0.194 e. The lowest BCUT2D eigenvalue weighted by molar-refractivity contribution is 0.136. The van der Waals surface area contributed by atoms with Crippen LogP contribution in [0.4, 0.5) is 5.00 Å². The molecule has 0 atom stereocenters. The minimum absolute atomic E-state index is 0.933. The van der Waals surface area contributed by atoms with Crippen molar-refractivity contribution in [3.63, 3.8) is 0 Å². The molecule has 0 spiro atoms. The molecule has 2 aliphatic rings. The lowest BCUT2D eigenvalue weighted by atomic mass is 10.2. The fourth-order valence-corrected chi connectivity index (χ4v) is 4.76. The number of thiophene rings is 1. The van der Waals surface area contributed by atoms with Crippen LogP contribution in [0.15, 0.2) is 22.5 Å². The molecule has 28 heavy (non-hydrogen) atoms. The van der Waals surface area contributed by atoms with E-state index in [9.17, 15) is 0 Å². The van der Waals surface area contributed by atoms with E-state index in [1.54, 1.807) is 0 Å². The molecule has 3 rings (SSSR count). The van der Waals surface area contributed by atoms with E-state index in [1.165, 1.54) is 57.1 Å². The summed E-state index contributed by atoms with van der Waals surface area (Å²) in [7, 11) is 0. The van der Waals surface area contributed by atoms with Gasteiger partial charge in [-0.2, -0.15) is 0 Å². The molecule has 3 heterocycles. The van der Waals surface area contributed by atoms with E-state index >= 15 is 0 Å². The van der Waals surface area contributed by atoms with Crippen LogP contribution in [0.25, 0.3) is 0 Å². The second-order valence-corrected chi connectivity index (χ2v) is 8.57. The number of nitrogens with one attached hydrogen (secondary N) is 1. The molecule has 1 aromatic rings. The van der Waals surface area contributed by atoms with Crippen molar-refractivity contribution in [3.05, 3.63) is 17.5 Å². The van der Waals surface area contributed by atoms with Crippen LogP contribution >= 0.6 is 11.3 Å². The van der Waals surface area contributed by atoms with Gasteiger partial charge in [-0.1, -0.05) is 6.92 Å². The highest BCUT2D eigenvalue weighted by atomic mass is 32.1. The number of piperazine rings is 2. The maximum atomic E-state index is 4.92. The Morgan fingerprint density at radius 3 is 2.39 bits per heavy atom. The number of guanidine groups is 1. The maximum absolute atomic E-state index is 4.92. The van der Waals surface area contributed by atoms with Crippen molar-refractivity contribution in [2.45, 2.75) is 26.7 Å². The Bertz CT molecular complexity index is 559. The third kappa shape index (κ3) is 6.36. The van der Waals surface area contributed by atoms with Crippen LogP contribution in [-0.4, -0.2) is 99.2 Å². The molecule has 7 heteroatoms. The maximum Gasteiger partial charge on any atom is 0.194 e. The Kier molecular flexibility index (Phi) is 8.89. The van der Waals surface area contributed by atoms with Crippen LogP contribution in [-0.2, 0) is 0 Å². The summed E-state index contributed by atoms with van der Waals surface area (Å²) in [5.41, 5.74) is 0. The number of hydrogen-bond acceptors (Lipinski definition) is 5. The summed E-state index contributed by atoms with van der Waals surface area (Å²) in [6.45, 7) is 17.9. The van der Waals surface area contributed by atoms with Crippen molar-refractivity contribution >= 4 is 22.3 Å². The fourth-order valence-electron chi connectivity index (χ4n) is 3.98. The van der Waals surface area contributed by atoms with E-state index < -0.39 is 0 Å². The highest BCUT2D eigenvalue weighted by molar-refractivity contribution is 7.14. The first-order valence-corrected chi connectivity index (χ1v) is 11.9. The van der Waals surface area contributed by atoms with E-state index in [4.69, 9.17) is 4.99 Å². The van der Waals surface area contributed by atoms with Crippen molar-refractivity contribution in [1.29, 1.82) is 0 Å². The molecule has 2 fully saturated rings. The number of likely N-dealkylation sites (N-methyl/N-ethyl adjacent to an activating group) is 1. The standard InChI is InChI=1S/C21H38N6S/c1-3-22-21(27-17-15-26(16-18-27)20-8-7-19-28-20)23-9-5-6-10-25-13-11-24(4-2)12-14-25/h7-8,19H,3-6,9-18H2,1-2H3,(H,22,23). The van der Waals surface area contributed by atoms with Gasteiger partial charge < -0.3 is 24.9 Å². The van der Waals surface area contributed by atoms with E-state index in [-0.39, 0.29) is 0 Å². The fraction of sp³-hybridized carbons (Fsp3) is 0.762. The summed E-state index contributed by atoms with van der Waals surface area (Å²) in [5.74, 6) is 1.10. The normalized spacial score (nSPS) is 20.0. The summed E-state index contributed by atoms with van der Waals surface area (Å²) in [6.07, 6.45) is 2.43. The first kappa shape index (κ1) is 21.4. The molecule has 0 unspecified atom stereocenters. The lowest BCUT2D eigenvalue weighted by Crippen LogP contribution is -2.52. The van der Waals surface area contributed by atoms with Gasteiger partial charge in [0, 0.05) is 65.4 Å². The van der Waals surface area contributed by atoms with Gasteiger partial charge in [0.1, 0.15) is 0 Å². The summed E-state index contributed by atoms with van der Waals surface area (Å²) < 4.78 is 0. The van der Waals surface area contributed by atoms with E-state index in [1.807, 2.05) is 11.3 Å². The second kappa shape index (κ2) is 11.6. The van der Waals surface area contributed by atoms with Crippen LogP contribution in [0.5, 0.6) is 0 Å². The second-order valence-electron chi connectivity index (χ2n) is 7.64. The average Bonchev–Trinajstić information content (AvgIpc) is 3.28.